The van der Waals surface area contributed by atoms with Gasteiger partial charge in [-0.25, -0.2) is 0 Å². The molecule has 2 heterocycles. The van der Waals surface area contributed by atoms with Gasteiger partial charge in [-0.15, -0.1) is 0 Å². The average molecular weight is 307 g/mol. The molecule has 0 aliphatic heterocycles. The molecule has 0 saturated carbocycles. The predicted molar refractivity (Wildman–Crippen MR) is 87.4 cm³/mol. The van der Waals surface area contributed by atoms with Crippen molar-refractivity contribution in [1.29, 1.82) is 5.26 Å². The van der Waals surface area contributed by atoms with Crippen LogP contribution in [0, 0.1) is 18.3 Å². The molecule has 0 amide bonds. The van der Waals surface area contributed by atoms with Gasteiger partial charge in [-0.2, -0.15) is 5.26 Å². The van der Waals surface area contributed by atoms with Crippen molar-refractivity contribution in [3.63, 3.8) is 0 Å². The first-order chi connectivity index (χ1) is 11.1. The normalized spacial score (nSPS) is 12.3. The maximum absolute atomic E-state index is 10.5. The van der Waals surface area contributed by atoms with E-state index in [0.29, 0.717) is 23.1 Å². The molecule has 0 spiro atoms. The quantitative estimate of drug-likeness (QED) is 0.777. The van der Waals surface area contributed by atoms with E-state index in [2.05, 4.69) is 11.1 Å². The van der Waals surface area contributed by atoms with Crippen LogP contribution >= 0.6 is 0 Å². The third-order valence-corrected chi connectivity index (χ3v) is 3.94. The number of phenolic OH excluding ortho intramolecular Hbond substituents is 1. The summed E-state index contributed by atoms with van der Waals surface area (Å²) in [5.74, 6) is 0.0922. The first-order valence-electron chi connectivity index (χ1n) is 7.45. The largest absolute Gasteiger partial charge is 0.508 e. The lowest BCUT2D eigenvalue weighted by Gasteiger charge is -2.15. The van der Waals surface area contributed by atoms with Gasteiger partial charge in [0, 0.05) is 23.0 Å². The fourth-order valence-corrected chi connectivity index (χ4v) is 2.87. The molecule has 0 aliphatic carbocycles. The molecule has 23 heavy (non-hydrogen) atoms. The van der Waals surface area contributed by atoms with Crippen LogP contribution in [0.4, 0.5) is 0 Å². The molecule has 0 radical (unpaired) electrons. The third kappa shape index (κ3) is 2.43. The second-order valence-corrected chi connectivity index (χ2v) is 5.49. The molecule has 2 N–H and O–H groups in total. The van der Waals surface area contributed by atoms with Crippen LogP contribution in [0.25, 0.3) is 16.6 Å². The Balaban J connectivity index is 2.46. The molecule has 0 bridgehead atoms. The summed E-state index contributed by atoms with van der Waals surface area (Å²) in [6, 6.07) is 10.8. The summed E-state index contributed by atoms with van der Waals surface area (Å²) in [5, 5.41) is 30.5. The van der Waals surface area contributed by atoms with E-state index in [1.807, 2.05) is 30.5 Å². The number of aromatic nitrogens is 2. The Hall–Kier alpha value is -2.84. The van der Waals surface area contributed by atoms with E-state index in [4.69, 9.17) is 0 Å². The summed E-state index contributed by atoms with van der Waals surface area (Å²) in [6.07, 6.45) is 1.42. The summed E-state index contributed by atoms with van der Waals surface area (Å²) in [4.78, 5) is 4.20. The summed E-state index contributed by atoms with van der Waals surface area (Å²) in [6.45, 7) is 3.76. The summed E-state index contributed by atoms with van der Waals surface area (Å²) < 4.78 is 1.87. The lowest BCUT2D eigenvalue weighted by atomic mass is 10.1. The molecule has 1 atom stereocenters. The number of hydrogen-bond donors (Lipinski definition) is 2. The van der Waals surface area contributed by atoms with Gasteiger partial charge in [-0.3, -0.25) is 4.98 Å². The molecule has 0 saturated heterocycles. The smallest absolute Gasteiger partial charge is 0.116 e. The van der Waals surface area contributed by atoms with Crippen molar-refractivity contribution >= 4 is 10.9 Å². The Kier molecular flexibility index (Phi) is 3.77. The minimum Gasteiger partial charge on any atom is -0.508 e. The van der Waals surface area contributed by atoms with Crippen molar-refractivity contribution in [2.24, 2.45) is 0 Å². The average Bonchev–Trinajstić information content (AvgIpc) is 2.87. The number of aliphatic hydroxyl groups is 1. The van der Waals surface area contributed by atoms with Gasteiger partial charge in [0.15, 0.2) is 0 Å². The highest BCUT2D eigenvalue weighted by Gasteiger charge is 2.23. The van der Waals surface area contributed by atoms with Crippen molar-refractivity contribution in [2.75, 3.05) is 0 Å². The van der Waals surface area contributed by atoms with E-state index >= 15 is 0 Å². The molecular weight excluding hydrogens is 290 g/mol. The highest BCUT2D eigenvalue weighted by Crippen LogP contribution is 2.35. The van der Waals surface area contributed by atoms with Gasteiger partial charge in [-0.1, -0.05) is 6.92 Å². The Bertz CT molecular complexity index is 922. The number of benzene rings is 1. The van der Waals surface area contributed by atoms with E-state index in [0.717, 1.165) is 16.9 Å². The van der Waals surface area contributed by atoms with Gasteiger partial charge in [0.1, 0.15) is 11.8 Å². The number of hydrogen-bond acceptors (Lipinski definition) is 4. The molecule has 5 heteroatoms. The Morgan fingerprint density at radius 2 is 2.09 bits per heavy atom. The van der Waals surface area contributed by atoms with Crippen molar-refractivity contribution in [1.82, 2.24) is 9.55 Å². The number of nitrogens with zero attached hydrogens (tertiary/aromatic N) is 3. The summed E-state index contributed by atoms with van der Waals surface area (Å²) >= 11 is 0. The number of fused-ring (bicyclic) bond motifs is 1. The summed E-state index contributed by atoms with van der Waals surface area (Å²) in [7, 11) is 0. The van der Waals surface area contributed by atoms with E-state index in [1.165, 1.54) is 0 Å². The Morgan fingerprint density at radius 3 is 2.74 bits per heavy atom. The fourth-order valence-electron chi connectivity index (χ4n) is 2.87. The second kappa shape index (κ2) is 5.75. The van der Waals surface area contributed by atoms with Crippen LogP contribution in [-0.4, -0.2) is 19.8 Å². The number of aliphatic hydroxyl groups excluding tert-OH is 1. The van der Waals surface area contributed by atoms with Gasteiger partial charge >= 0.3 is 0 Å². The lowest BCUT2D eigenvalue weighted by molar-refractivity contribution is 0.167. The second-order valence-electron chi connectivity index (χ2n) is 5.49. The van der Waals surface area contributed by atoms with Crippen LogP contribution in [0.1, 0.15) is 36.4 Å². The number of aryl methyl sites for hydroxylation is 1. The van der Waals surface area contributed by atoms with Crippen LogP contribution in [0.2, 0.25) is 0 Å². The Labute approximate surface area is 134 Å². The zero-order chi connectivity index (χ0) is 16.6. The topological polar surface area (TPSA) is 82.1 Å². The summed E-state index contributed by atoms with van der Waals surface area (Å²) in [5.41, 5.74) is 3.38. The molecule has 1 aromatic carbocycles. The van der Waals surface area contributed by atoms with Crippen molar-refractivity contribution < 1.29 is 10.2 Å². The molecule has 0 aliphatic rings. The van der Waals surface area contributed by atoms with E-state index in [9.17, 15) is 15.5 Å². The minimum atomic E-state index is -0.771. The van der Waals surface area contributed by atoms with Gasteiger partial charge in [0.25, 0.3) is 0 Å². The van der Waals surface area contributed by atoms with E-state index < -0.39 is 6.10 Å². The van der Waals surface area contributed by atoms with Crippen LogP contribution < -0.4 is 0 Å². The zero-order valence-corrected chi connectivity index (χ0v) is 13.0. The zero-order valence-electron chi connectivity index (χ0n) is 13.0. The van der Waals surface area contributed by atoms with Gasteiger partial charge < -0.3 is 14.8 Å². The highest BCUT2D eigenvalue weighted by atomic mass is 16.3. The molecule has 116 valence electrons. The maximum Gasteiger partial charge on any atom is 0.116 e. The molecule has 3 rings (SSSR count). The van der Waals surface area contributed by atoms with Gasteiger partial charge in [0.2, 0.25) is 0 Å². The van der Waals surface area contributed by atoms with Crippen LogP contribution in [0.3, 0.4) is 0 Å². The monoisotopic (exact) mass is 307 g/mol. The highest BCUT2D eigenvalue weighted by molar-refractivity contribution is 5.91. The fraction of sp³-hybridized carbons (Fsp3) is 0.222. The number of rotatable bonds is 3. The molecule has 0 fully saturated rings. The van der Waals surface area contributed by atoms with Gasteiger partial charge in [0.05, 0.1) is 22.9 Å². The SMILES string of the molecule is CCC(O)c1c(C#N)c2cc(O)ccc2n1-c1ccnc(C)c1. The standard InChI is InChI=1S/C18H17N3O2/c1-3-17(23)18-15(10-19)14-9-13(22)4-5-16(14)21(18)12-6-7-20-11(2)8-12/h4-9,17,22-23H,3H2,1-2H3. The maximum atomic E-state index is 10.5. The molecule has 5 nitrogen and oxygen atoms in total. The molecular formula is C18H17N3O2. The number of pyridine rings is 1. The first-order valence-corrected chi connectivity index (χ1v) is 7.45. The van der Waals surface area contributed by atoms with Crippen molar-refractivity contribution in [3.8, 4) is 17.5 Å². The lowest BCUT2D eigenvalue weighted by Crippen LogP contribution is -2.07. The molecule has 2 aromatic heterocycles. The predicted octanol–water partition coefficient (Wildman–Crippen LogP) is 3.35. The van der Waals surface area contributed by atoms with Crippen molar-refractivity contribution in [2.45, 2.75) is 26.4 Å². The Morgan fingerprint density at radius 1 is 1.30 bits per heavy atom. The number of phenols is 1. The molecule has 1 unspecified atom stereocenters. The molecule has 3 aromatic rings. The van der Waals surface area contributed by atoms with Crippen LogP contribution in [0.15, 0.2) is 36.5 Å². The van der Waals surface area contributed by atoms with E-state index in [-0.39, 0.29) is 5.75 Å². The van der Waals surface area contributed by atoms with Gasteiger partial charge in [-0.05, 0) is 43.7 Å². The minimum absolute atomic E-state index is 0.0922. The number of aromatic hydroxyl groups is 1. The van der Waals surface area contributed by atoms with Crippen LogP contribution in [0.5, 0.6) is 5.75 Å². The first kappa shape index (κ1) is 15.1. The number of nitriles is 1. The van der Waals surface area contributed by atoms with Crippen LogP contribution in [-0.2, 0) is 0 Å². The third-order valence-electron chi connectivity index (χ3n) is 3.94. The van der Waals surface area contributed by atoms with E-state index in [1.54, 1.807) is 24.4 Å². The van der Waals surface area contributed by atoms with Crippen molar-refractivity contribution in [3.05, 3.63) is 53.5 Å².